The Labute approximate surface area is 123 Å². The first kappa shape index (κ1) is 14.1. The molecule has 0 aliphatic carbocycles. The number of anilines is 2. The molecule has 100 valence electrons. The molecule has 0 amide bonds. The molecule has 0 saturated carbocycles. The van der Waals surface area contributed by atoms with E-state index in [0.717, 1.165) is 29.9 Å². The van der Waals surface area contributed by atoms with Crippen LogP contribution in [0.2, 0.25) is 10.2 Å². The second-order valence-corrected chi connectivity index (χ2v) is 5.09. The molecule has 0 aliphatic heterocycles. The van der Waals surface area contributed by atoms with E-state index in [0.29, 0.717) is 16.0 Å². The maximum absolute atomic E-state index is 6.18. The monoisotopic (exact) mass is 295 g/mol. The van der Waals surface area contributed by atoms with Crippen LogP contribution in [0.3, 0.4) is 0 Å². The molecule has 1 aromatic heterocycles. The molecule has 0 fully saturated rings. The minimum Gasteiger partial charge on any atom is -0.339 e. The summed E-state index contributed by atoms with van der Waals surface area (Å²) in [7, 11) is 0. The summed E-state index contributed by atoms with van der Waals surface area (Å²) in [6, 6.07) is 7.44. The van der Waals surface area contributed by atoms with Crippen LogP contribution in [0.1, 0.15) is 24.7 Å². The highest BCUT2D eigenvalue weighted by molar-refractivity contribution is 6.33. The summed E-state index contributed by atoms with van der Waals surface area (Å²) in [5.41, 5.74) is 1.90. The van der Waals surface area contributed by atoms with Crippen LogP contribution < -0.4 is 5.32 Å². The highest BCUT2D eigenvalue weighted by Crippen LogP contribution is 2.28. The van der Waals surface area contributed by atoms with Crippen LogP contribution in [0.25, 0.3) is 0 Å². The van der Waals surface area contributed by atoms with Crippen LogP contribution in [0.5, 0.6) is 0 Å². The summed E-state index contributed by atoms with van der Waals surface area (Å²) in [5, 5.41) is 4.31. The summed E-state index contributed by atoms with van der Waals surface area (Å²) >= 11 is 12.2. The predicted octanol–water partition coefficient (Wildman–Crippen LogP) is 4.79. The minimum atomic E-state index is 0.436. The van der Waals surface area contributed by atoms with Crippen molar-refractivity contribution in [1.82, 2.24) is 9.97 Å². The third kappa shape index (κ3) is 3.58. The fraction of sp³-hybridized carbons (Fsp3) is 0.286. The molecule has 1 aromatic carbocycles. The van der Waals surface area contributed by atoms with Gasteiger partial charge in [-0.1, -0.05) is 42.3 Å². The smallest absolute Gasteiger partial charge is 0.135 e. The van der Waals surface area contributed by atoms with Gasteiger partial charge in [0.2, 0.25) is 0 Å². The largest absolute Gasteiger partial charge is 0.339 e. The number of hydrogen-bond acceptors (Lipinski definition) is 3. The molecule has 0 aliphatic rings. The molecule has 0 radical (unpaired) electrons. The van der Waals surface area contributed by atoms with Gasteiger partial charge in [-0.25, -0.2) is 9.97 Å². The lowest BCUT2D eigenvalue weighted by Gasteiger charge is -2.11. The maximum Gasteiger partial charge on any atom is 0.135 e. The van der Waals surface area contributed by atoms with Gasteiger partial charge in [0.15, 0.2) is 0 Å². The van der Waals surface area contributed by atoms with Gasteiger partial charge in [0, 0.05) is 12.5 Å². The number of halogens is 2. The summed E-state index contributed by atoms with van der Waals surface area (Å²) in [5.74, 6) is 1.40. The molecule has 0 spiro atoms. The molecule has 0 saturated heterocycles. The Bertz CT molecular complexity index is 565. The van der Waals surface area contributed by atoms with E-state index in [9.17, 15) is 0 Å². The van der Waals surface area contributed by atoms with Crippen molar-refractivity contribution in [2.45, 2.75) is 26.7 Å². The van der Waals surface area contributed by atoms with Crippen LogP contribution in [0.4, 0.5) is 11.5 Å². The van der Waals surface area contributed by atoms with Crippen molar-refractivity contribution >= 4 is 34.7 Å². The molecule has 2 aromatic rings. The zero-order chi connectivity index (χ0) is 13.8. The number of rotatable bonds is 4. The molecule has 3 nitrogen and oxygen atoms in total. The number of aromatic nitrogens is 2. The summed E-state index contributed by atoms with van der Waals surface area (Å²) < 4.78 is 0. The highest BCUT2D eigenvalue weighted by Gasteiger charge is 2.07. The average Bonchev–Trinajstić information content (AvgIpc) is 2.34. The van der Waals surface area contributed by atoms with E-state index in [2.05, 4.69) is 22.2 Å². The molecule has 1 N–H and O–H groups in total. The van der Waals surface area contributed by atoms with E-state index in [-0.39, 0.29) is 0 Å². The third-order valence-corrected chi connectivity index (χ3v) is 3.20. The van der Waals surface area contributed by atoms with E-state index < -0.39 is 0 Å². The van der Waals surface area contributed by atoms with Gasteiger partial charge in [-0.2, -0.15) is 0 Å². The Kier molecular flexibility index (Phi) is 4.61. The van der Waals surface area contributed by atoms with Crippen LogP contribution in [-0.2, 0) is 6.42 Å². The standard InChI is InChI=1S/C14H15Cl2N3/c1-3-5-12-17-11(16)8-13(18-12)19-14-9(2)6-4-7-10(14)15/h4,6-8H,3,5H2,1-2H3,(H,17,18,19). The van der Waals surface area contributed by atoms with E-state index in [1.807, 2.05) is 25.1 Å². The fourth-order valence-electron chi connectivity index (χ4n) is 1.78. The van der Waals surface area contributed by atoms with Gasteiger partial charge in [-0.15, -0.1) is 0 Å². The van der Waals surface area contributed by atoms with E-state index in [1.165, 1.54) is 0 Å². The van der Waals surface area contributed by atoms with Crippen molar-refractivity contribution in [3.63, 3.8) is 0 Å². The summed E-state index contributed by atoms with van der Waals surface area (Å²) in [6.45, 7) is 4.07. The van der Waals surface area contributed by atoms with Crippen molar-refractivity contribution in [2.75, 3.05) is 5.32 Å². The number of para-hydroxylation sites is 1. The lowest BCUT2D eigenvalue weighted by molar-refractivity contribution is 0.837. The lowest BCUT2D eigenvalue weighted by atomic mass is 10.2. The van der Waals surface area contributed by atoms with Crippen molar-refractivity contribution in [3.05, 3.63) is 45.8 Å². The quantitative estimate of drug-likeness (QED) is 0.824. The molecule has 0 bridgehead atoms. The van der Waals surface area contributed by atoms with Crippen LogP contribution in [0, 0.1) is 6.92 Å². The molecule has 19 heavy (non-hydrogen) atoms. The number of nitrogens with one attached hydrogen (secondary N) is 1. The van der Waals surface area contributed by atoms with Gasteiger partial charge in [0.1, 0.15) is 16.8 Å². The van der Waals surface area contributed by atoms with E-state index in [4.69, 9.17) is 23.2 Å². The maximum atomic E-state index is 6.18. The highest BCUT2D eigenvalue weighted by atomic mass is 35.5. The Balaban J connectivity index is 2.33. The Morgan fingerprint density at radius 2 is 2.00 bits per heavy atom. The van der Waals surface area contributed by atoms with Crippen molar-refractivity contribution in [1.29, 1.82) is 0 Å². The predicted molar refractivity (Wildman–Crippen MR) is 80.5 cm³/mol. The molecule has 0 atom stereocenters. The Morgan fingerprint density at radius 3 is 2.68 bits per heavy atom. The topological polar surface area (TPSA) is 37.8 Å². The molecule has 1 heterocycles. The van der Waals surface area contributed by atoms with E-state index >= 15 is 0 Å². The normalized spacial score (nSPS) is 10.5. The van der Waals surface area contributed by atoms with Gasteiger partial charge in [0.25, 0.3) is 0 Å². The van der Waals surface area contributed by atoms with Crippen molar-refractivity contribution in [3.8, 4) is 0 Å². The number of aryl methyl sites for hydroxylation is 2. The lowest BCUT2D eigenvalue weighted by Crippen LogP contribution is -2.01. The minimum absolute atomic E-state index is 0.436. The number of nitrogens with zero attached hydrogens (tertiary/aromatic N) is 2. The number of benzene rings is 1. The molecular formula is C14H15Cl2N3. The first-order chi connectivity index (χ1) is 9.10. The molecule has 5 heteroatoms. The van der Waals surface area contributed by atoms with Crippen molar-refractivity contribution < 1.29 is 0 Å². The van der Waals surface area contributed by atoms with Gasteiger partial charge < -0.3 is 5.32 Å². The Hall–Kier alpha value is -1.32. The van der Waals surface area contributed by atoms with Gasteiger partial charge in [-0.05, 0) is 25.0 Å². The first-order valence-corrected chi connectivity index (χ1v) is 6.91. The molecule has 0 unspecified atom stereocenters. The zero-order valence-corrected chi connectivity index (χ0v) is 12.4. The molecule has 2 rings (SSSR count). The Morgan fingerprint density at radius 1 is 1.21 bits per heavy atom. The number of hydrogen-bond donors (Lipinski definition) is 1. The van der Waals surface area contributed by atoms with Gasteiger partial charge >= 0.3 is 0 Å². The SMILES string of the molecule is CCCc1nc(Cl)cc(Nc2c(C)cccc2Cl)n1. The van der Waals surface area contributed by atoms with Crippen LogP contribution in [-0.4, -0.2) is 9.97 Å². The molecular weight excluding hydrogens is 281 g/mol. The van der Waals surface area contributed by atoms with Gasteiger partial charge in [-0.3, -0.25) is 0 Å². The summed E-state index contributed by atoms with van der Waals surface area (Å²) in [6.07, 6.45) is 1.78. The fourth-order valence-corrected chi connectivity index (χ4v) is 2.25. The average molecular weight is 296 g/mol. The van der Waals surface area contributed by atoms with Crippen LogP contribution in [0.15, 0.2) is 24.3 Å². The zero-order valence-electron chi connectivity index (χ0n) is 10.9. The van der Waals surface area contributed by atoms with E-state index in [1.54, 1.807) is 6.07 Å². The second-order valence-electron chi connectivity index (χ2n) is 4.30. The second kappa shape index (κ2) is 6.22. The van der Waals surface area contributed by atoms with Crippen molar-refractivity contribution in [2.24, 2.45) is 0 Å². The van der Waals surface area contributed by atoms with Crippen LogP contribution >= 0.6 is 23.2 Å². The summed E-state index contributed by atoms with van der Waals surface area (Å²) in [4.78, 5) is 8.63. The first-order valence-electron chi connectivity index (χ1n) is 6.15. The third-order valence-electron chi connectivity index (χ3n) is 2.69. The van der Waals surface area contributed by atoms with Gasteiger partial charge in [0.05, 0.1) is 10.7 Å².